The Kier molecular flexibility index (Phi) is 5.86. The van der Waals surface area contributed by atoms with Gasteiger partial charge < -0.3 is 4.57 Å². The van der Waals surface area contributed by atoms with Crippen molar-refractivity contribution in [2.24, 2.45) is 5.41 Å². The lowest BCUT2D eigenvalue weighted by molar-refractivity contribution is 0.147. The van der Waals surface area contributed by atoms with Crippen LogP contribution in [0.5, 0.6) is 0 Å². The van der Waals surface area contributed by atoms with Gasteiger partial charge in [-0.3, -0.25) is 9.71 Å². The van der Waals surface area contributed by atoms with E-state index in [0.29, 0.717) is 11.8 Å². The number of rotatable bonds is 7. The van der Waals surface area contributed by atoms with Crippen molar-refractivity contribution in [1.82, 2.24) is 14.3 Å². The lowest BCUT2D eigenvalue weighted by Crippen LogP contribution is -2.14. The largest absolute Gasteiger partial charge is 0.347 e. The highest BCUT2D eigenvalue weighted by Gasteiger charge is 2.23. The number of pyridine rings is 1. The Balaban J connectivity index is 1.80. The number of hydrogen-bond donors (Lipinski definition) is 1. The minimum Gasteiger partial charge on any atom is -0.347 e. The molecule has 0 atom stereocenters. The highest BCUT2D eigenvalue weighted by atomic mass is 32.2. The lowest BCUT2D eigenvalue weighted by atomic mass is 9.96. The van der Waals surface area contributed by atoms with Gasteiger partial charge >= 0.3 is 0 Å². The molecule has 2 aromatic heterocycles. The van der Waals surface area contributed by atoms with Gasteiger partial charge in [0.05, 0.1) is 0 Å². The van der Waals surface area contributed by atoms with Crippen LogP contribution in [0.1, 0.15) is 51.3 Å². The molecule has 1 aliphatic rings. The molecule has 1 aliphatic carbocycles. The van der Waals surface area contributed by atoms with E-state index >= 15 is 4.39 Å². The van der Waals surface area contributed by atoms with E-state index in [1.54, 1.807) is 24.1 Å². The van der Waals surface area contributed by atoms with E-state index in [1.807, 2.05) is 0 Å². The van der Waals surface area contributed by atoms with Crippen LogP contribution in [0.3, 0.4) is 0 Å². The highest BCUT2D eigenvalue weighted by molar-refractivity contribution is 7.98. The van der Waals surface area contributed by atoms with Crippen molar-refractivity contribution in [2.75, 3.05) is 0 Å². The van der Waals surface area contributed by atoms with Crippen LogP contribution in [0.25, 0.3) is 22.0 Å². The Labute approximate surface area is 179 Å². The summed E-state index contributed by atoms with van der Waals surface area (Å²) in [5.41, 5.74) is 1.76. The highest BCUT2D eigenvalue weighted by Crippen LogP contribution is 2.36. The zero-order chi connectivity index (χ0) is 21.5. The van der Waals surface area contributed by atoms with Gasteiger partial charge in [-0.25, -0.2) is 13.2 Å². The monoisotopic (exact) mass is 433 g/mol. The molecule has 7 heteroatoms. The van der Waals surface area contributed by atoms with Crippen LogP contribution in [0, 0.1) is 11.2 Å². The van der Waals surface area contributed by atoms with Crippen molar-refractivity contribution >= 4 is 22.9 Å². The molecule has 0 saturated heterocycles. The molecule has 1 fully saturated rings. The van der Waals surface area contributed by atoms with Gasteiger partial charge in [0, 0.05) is 52.8 Å². The second-order valence-electron chi connectivity index (χ2n) is 9.07. The van der Waals surface area contributed by atoms with Crippen LogP contribution < -0.4 is 4.72 Å². The SMILES string of the molecule is CC(C)(C)Cn1cc(CNSC2CC2)c2cc(F)c(-c3cccnc3C(F)F)cc21. The van der Waals surface area contributed by atoms with E-state index < -0.39 is 17.9 Å². The van der Waals surface area contributed by atoms with Crippen molar-refractivity contribution in [3.05, 3.63) is 53.7 Å². The van der Waals surface area contributed by atoms with E-state index in [4.69, 9.17) is 0 Å². The van der Waals surface area contributed by atoms with Crippen LogP contribution in [0.2, 0.25) is 0 Å². The summed E-state index contributed by atoms with van der Waals surface area (Å²) in [6, 6.07) is 6.23. The van der Waals surface area contributed by atoms with Crippen molar-refractivity contribution in [2.45, 2.75) is 58.4 Å². The molecule has 3 aromatic rings. The van der Waals surface area contributed by atoms with Gasteiger partial charge in [-0.1, -0.05) is 38.8 Å². The lowest BCUT2D eigenvalue weighted by Gasteiger charge is -2.20. The molecule has 1 saturated carbocycles. The molecule has 0 amide bonds. The first-order valence-electron chi connectivity index (χ1n) is 10.2. The molecule has 0 unspecified atom stereocenters. The van der Waals surface area contributed by atoms with Crippen LogP contribution in [0.4, 0.5) is 13.2 Å². The normalized spacial score (nSPS) is 14.8. The predicted molar refractivity (Wildman–Crippen MR) is 117 cm³/mol. The fourth-order valence-electron chi connectivity index (χ4n) is 3.62. The summed E-state index contributed by atoms with van der Waals surface area (Å²) in [6.45, 7) is 7.78. The Hall–Kier alpha value is -1.99. The molecule has 1 aromatic carbocycles. The average Bonchev–Trinajstić information content (AvgIpc) is 3.44. The molecule has 0 bridgehead atoms. The number of fused-ring (bicyclic) bond motifs is 1. The maximum absolute atomic E-state index is 15.1. The summed E-state index contributed by atoms with van der Waals surface area (Å²) >= 11 is 1.73. The predicted octanol–water partition coefficient (Wildman–Crippen LogP) is 6.73. The molecule has 1 N–H and O–H groups in total. The summed E-state index contributed by atoms with van der Waals surface area (Å²) in [5.74, 6) is -0.512. The summed E-state index contributed by atoms with van der Waals surface area (Å²) in [5, 5.41) is 1.49. The smallest absolute Gasteiger partial charge is 0.280 e. The number of aromatic nitrogens is 2. The molecule has 3 nitrogen and oxygen atoms in total. The minimum atomic E-state index is -2.77. The zero-order valence-corrected chi connectivity index (χ0v) is 18.2. The van der Waals surface area contributed by atoms with Crippen molar-refractivity contribution in [1.29, 1.82) is 0 Å². The van der Waals surface area contributed by atoms with Crippen LogP contribution in [-0.4, -0.2) is 14.8 Å². The van der Waals surface area contributed by atoms with Crippen LogP contribution >= 0.6 is 11.9 Å². The molecule has 4 rings (SSSR count). The van der Waals surface area contributed by atoms with Gasteiger partial charge in [0.2, 0.25) is 0 Å². The number of hydrogen-bond acceptors (Lipinski definition) is 3. The quantitative estimate of drug-likeness (QED) is 0.419. The number of halogens is 3. The number of benzene rings is 1. The first-order valence-corrected chi connectivity index (χ1v) is 11.0. The van der Waals surface area contributed by atoms with E-state index in [2.05, 4.69) is 41.2 Å². The van der Waals surface area contributed by atoms with Crippen molar-refractivity contribution < 1.29 is 13.2 Å². The summed E-state index contributed by atoms with van der Waals surface area (Å²) < 4.78 is 47.6. The van der Waals surface area contributed by atoms with E-state index in [-0.39, 0.29) is 16.5 Å². The van der Waals surface area contributed by atoms with Gasteiger partial charge in [0.15, 0.2) is 0 Å². The summed E-state index contributed by atoms with van der Waals surface area (Å²) in [6.07, 6.45) is 3.07. The topological polar surface area (TPSA) is 29.9 Å². The maximum atomic E-state index is 15.1. The van der Waals surface area contributed by atoms with Crippen molar-refractivity contribution in [3.63, 3.8) is 0 Å². The molecular formula is C23H26F3N3S. The first kappa shape index (κ1) is 21.2. The zero-order valence-electron chi connectivity index (χ0n) is 17.4. The van der Waals surface area contributed by atoms with Gasteiger partial charge in [0.25, 0.3) is 6.43 Å². The minimum absolute atomic E-state index is 0.0103. The Bertz CT molecular complexity index is 1050. The van der Waals surface area contributed by atoms with Crippen LogP contribution in [-0.2, 0) is 13.1 Å². The fraction of sp³-hybridized carbons (Fsp3) is 0.435. The third kappa shape index (κ3) is 4.67. The second kappa shape index (κ2) is 8.27. The van der Waals surface area contributed by atoms with Gasteiger partial charge in [-0.15, -0.1) is 0 Å². The van der Waals surface area contributed by atoms with Crippen LogP contribution in [0.15, 0.2) is 36.7 Å². The second-order valence-corrected chi connectivity index (χ2v) is 10.3. The first-order chi connectivity index (χ1) is 14.2. The van der Waals surface area contributed by atoms with Gasteiger partial charge in [0.1, 0.15) is 11.5 Å². The molecule has 0 spiro atoms. The molecule has 2 heterocycles. The molecular weight excluding hydrogens is 407 g/mol. The maximum Gasteiger partial charge on any atom is 0.280 e. The Morgan fingerprint density at radius 2 is 2.00 bits per heavy atom. The van der Waals surface area contributed by atoms with Gasteiger partial charge in [-0.2, -0.15) is 0 Å². The third-order valence-electron chi connectivity index (χ3n) is 5.07. The Morgan fingerprint density at radius 3 is 2.67 bits per heavy atom. The molecule has 30 heavy (non-hydrogen) atoms. The molecule has 0 radical (unpaired) electrons. The number of nitrogens with zero attached hydrogens (tertiary/aromatic N) is 2. The summed E-state index contributed by atoms with van der Waals surface area (Å²) in [4.78, 5) is 3.79. The number of alkyl halides is 2. The third-order valence-corrected chi connectivity index (χ3v) is 6.19. The van der Waals surface area contributed by atoms with Crippen molar-refractivity contribution in [3.8, 4) is 11.1 Å². The average molecular weight is 434 g/mol. The van der Waals surface area contributed by atoms with Gasteiger partial charge in [-0.05, 0) is 42.0 Å². The molecule has 160 valence electrons. The Morgan fingerprint density at radius 1 is 1.23 bits per heavy atom. The van der Waals surface area contributed by atoms with E-state index in [0.717, 1.165) is 23.0 Å². The van der Waals surface area contributed by atoms with E-state index in [1.165, 1.54) is 31.2 Å². The molecule has 0 aliphatic heterocycles. The fourth-order valence-corrected chi connectivity index (χ4v) is 4.46. The van der Waals surface area contributed by atoms with E-state index in [9.17, 15) is 8.78 Å². The summed E-state index contributed by atoms with van der Waals surface area (Å²) in [7, 11) is 0. The standard InChI is InChI=1S/C23H26F3N3S/c1-23(2,3)13-29-12-14(11-28-30-15-6-7-15)17-9-19(24)18(10-20(17)29)16-5-4-8-27-21(16)22(25)26/h4-5,8-10,12,15,22,28H,6-7,11,13H2,1-3H3. The number of nitrogens with one attached hydrogen (secondary N) is 1.